The molecule has 0 radical (unpaired) electrons. The number of nitrogens with one attached hydrogen (secondary N) is 2. The van der Waals surface area contributed by atoms with Gasteiger partial charge in [0.1, 0.15) is 11.2 Å². The first-order valence-electron chi connectivity index (χ1n) is 7.34. The van der Waals surface area contributed by atoms with Gasteiger partial charge < -0.3 is 10.3 Å². The average molecular weight is 295 g/mol. The van der Waals surface area contributed by atoms with Crippen molar-refractivity contribution in [2.75, 3.05) is 11.9 Å². The van der Waals surface area contributed by atoms with Gasteiger partial charge in [-0.25, -0.2) is 9.97 Å². The lowest BCUT2D eigenvalue weighted by molar-refractivity contribution is 0.827. The second-order valence-corrected chi connectivity index (χ2v) is 4.99. The zero-order valence-corrected chi connectivity index (χ0v) is 12.3. The molecule has 0 saturated heterocycles. The SMILES string of the molecule is CCCCNc1ncc2c(=O)[nH]c(-c3ccccc3)nc2n1. The Hall–Kier alpha value is -2.76. The van der Waals surface area contributed by atoms with Crippen molar-refractivity contribution >= 4 is 17.0 Å². The number of H-pyrrole nitrogens is 1. The number of nitrogens with zero attached hydrogens (tertiary/aromatic N) is 3. The number of anilines is 1. The monoisotopic (exact) mass is 295 g/mol. The molecule has 0 aliphatic rings. The molecule has 3 rings (SSSR count). The second-order valence-electron chi connectivity index (χ2n) is 4.99. The first-order chi connectivity index (χ1) is 10.8. The highest BCUT2D eigenvalue weighted by Gasteiger charge is 2.08. The predicted octanol–water partition coefficient (Wildman–Crippen LogP) is 2.59. The highest BCUT2D eigenvalue weighted by atomic mass is 16.1. The zero-order valence-electron chi connectivity index (χ0n) is 12.3. The molecule has 0 unspecified atom stereocenters. The molecule has 0 bridgehead atoms. The highest BCUT2D eigenvalue weighted by molar-refractivity contribution is 5.75. The van der Waals surface area contributed by atoms with Crippen molar-refractivity contribution < 1.29 is 0 Å². The molecule has 0 spiro atoms. The number of hydrogen-bond donors (Lipinski definition) is 2. The Labute approximate surface area is 127 Å². The van der Waals surface area contributed by atoms with Gasteiger partial charge in [-0.15, -0.1) is 0 Å². The topological polar surface area (TPSA) is 83.6 Å². The number of fused-ring (bicyclic) bond motifs is 1. The Morgan fingerprint density at radius 1 is 1.18 bits per heavy atom. The first-order valence-corrected chi connectivity index (χ1v) is 7.34. The summed E-state index contributed by atoms with van der Waals surface area (Å²) in [7, 11) is 0. The molecule has 0 amide bonds. The second kappa shape index (κ2) is 6.34. The molecule has 2 aromatic heterocycles. The maximum Gasteiger partial charge on any atom is 0.262 e. The van der Waals surface area contributed by atoms with Crippen molar-refractivity contribution in [3.05, 3.63) is 46.9 Å². The van der Waals surface area contributed by atoms with Crippen molar-refractivity contribution in [1.29, 1.82) is 0 Å². The van der Waals surface area contributed by atoms with Crippen LogP contribution in [0.4, 0.5) is 5.95 Å². The van der Waals surface area contributed by atoms with E-state index < -0.39 is 0 Å². The molecule has 2 N–H and O–H groups in total. The van der Waals surface area contributed by atoms with Gasteiger partial charge in [0, 0.05) is 18.3 Å². The molecule has 2 heterocycles. The number of aromatic nitrogens is 4. The van der Waals surface area contributed by atoms with E-state index in [1.54, 1.807) is 0 Å². The zero-order chi connectivity index (χ0) is 15.4. The molecule has 3 aromatic rings. The minimum atomic E-state index is -0.232. The summed E-state index contributed by atoms with van der Waals surface area (Å²) in [5.41, 5.74) is 1.01. The number of unbranched alkanes of at least 4 members (excludes halogenated alkanes) is 1. The number of benzene rings is 1. The summed E-state index contributed by atoms with van der Waals surface area (Å²) in [6.45, 7) is 2.92. The third-order valence-electron chi connectivity index (χ3n) is 3.32. The Balaban J connectivity index is 2.01. The summed E-state index contributed by atoms with van der Waals surface area (Å²) >= 11 is 0. The predicted molar refractivity (Wildman–Crippen MR) is 86.8 cm³/mol. The van der Waals surface area contributed by atoms with E-state index in [4.69, 9.17) is 0 Å². The van der Waals surface area contributed by atoms with E-state index >= 15 is 0 Å². The quantitative estimate of drug-likeness (QED) is 0.707. The Morgan fingerprint density at radius 2 is 2.00 bits per heavy atom. The van der Waals surface area contributed by atoms with Crippen LogP contribution in [0.1, 0.15) is 19.8 Å². The molecule has 6 heteroatoms. The van der Waals surface area contributed by atoms with Crippen LogP contribution in [-0.2, 0) is 0 Å². The maximum absolute atomic E-state index is 12.1. The Bertz CT molecular complexity index is 829. The van der Waals surface area contributed by atoms with Gasteiger partial charge in [-0.05, 0) is 6.42 Å². The van der Waals surface area contributed by atoms with E-state index in [9.17, 15) is 4.79 Å². The van der Waals surface area contributed by atoms with E-state index in [1.165, 1.54) is 6.20 Å². The molecular formula is C16H17N5O. The lowest BCUT2D eigenvalue weighted by Gasteiger charge is -2.05. The van der Waals surface area contributed by atoms with Crippen molar-refractivity contribution in [3.63, 3.8) is 0 Å². The summed E-state index contributed by atoms with van der Waals surface area (Å²) in [5, 5.41) is 3.53. The lowest BCUT2D eigenvalue weighted by Crippen LogP contribution is -2.12. The van der Waals surface area contributed by atoms with Crippen LogP contribution < -0.4 is 10.9 Å². The van der Waals surface area contributed by atoms with Crippen molar-refractivity contribution in [2.24, 2.45) is 0 Å². The number of rotatable bonds is 5. The molecule has 22 heavy (non-hydrogen) atoms. The molecule has 0 aliphatic carbocycles. The van der Waals surface area contributed by atoms with Crippen molar-refractivity contribution in [3.8, 4) is 11.4 Å². The van der Waals surface area contributed by atoms with Gasteiger partial charge in [0.25, 0.3) is 5.56 Å². The van der Waals surface area contributed by atoms with Gasteiger partial charge in [-0.2, -0.15) is 4.98 Å². The number of hydrogen-bond acceptors (Lipinski definition) is 5. The minimum absolute atomic E-state index is 0.232. The first kappa shape index (κ1) is 14.2. The van der Waals surface area contributed by atoms with Crippen LogP contribution in [0.2, 0.25) is 0 Å². The lowest BCUT2D eigenvalue weighted by atomic mass is 10.2. The third-order valence-corrected chi connectivity index (χ3v) is 3.32. The normalized spacial score (nSPS) is 10.8. The van der Waals surface area contributed by atoms with E-state index in [2.05, 4.69) is 32.2 Å². The summed E-state index contributed by atoms with van der Waals surface area (Å²) in [6.07, 6.45) is 3.65. The summed E-state index contributed by atoms with van der Waals surface area (Å²) < 4.78 is 0. The summed E-state index contributed by atoms with van der Waals surface area (Å²) in [5.74, 6) is 1.01. The van der Waals surface area contributed by atoms with Crippen LogP contribution in [0.25, 0.3) is 22.4 Å². The smallest absolute Gasteiger partial charge is 0.262 e. The van der Waals surface area contributed by atoms with Gasteiger partial charge >= 0.3 is 0 Å². The summed E-state index contributed by atoms with van der Waals surface area (Å²) in [4.78, 5) is 27.9. The molecular weight excluding hydrogens is 278 g/mol. The van der Waals surface area contributed by atoms with Gasteiger partial charge in [0.15, 0.2) is 5.65 Å². The van der Waals surface area contributed by atoms with Crippen LogP contribution in [0.3, 0.4) is 0 Å². The highest BCUT2D eigenvalue weighted by Crippen LogP contribution is 2.15. The largest absolute Gasteiger partial charge is 0.354 e. The van der Waals surface area contributed by atoms with Crippen LogP contribution in [0, 0.1) is 0 Å². The minimum Gasteiger partial charge on any atom is -0.354 e. The molecule has 6 nitrogen and oxygen atoms in total. The molecule has 0 fully saturated rings. The van der Waals surface area contributed by atoms with Gasteiger partial charge in [-0.3, -0.25) is 4.79 Å². The Morgan fingerprint density at radius 3 is 2.77 bits per heavy atom. The van der Waals surface area contributed by atoms with Crippen molar-refractivity contribution in [1.82, 2.24) is 19.9 Å². The maximum atomic E-state index is 12.1. The standard InChI is InChI=1S/C16H17N5O/c1-2-3-9-17-16-18-10-12-14(21-16)19-13(20-15(12)22)11-7-5-4-6-8-11/h4-8,10H,2-3,9H2,1H3,(H2,17,18,19,20,21,22). The molecule has 0 atom stereocenters. The fourth-order valence-electron chi connectivity index (χ4n) is 2.12. The van der Waals surface area contributed by atoms with E-state index in [0.717, 1.165) is 24.9 Å². The van der Waals surface area contributed by atoms with Gasteiger partial charge in [-0.1, -0.05) is 43.7 Å². The van der Waals surface area contributed by atoms with Gasteiger partial charge in [0.2, 0.25) is 5.95 Å². The van der Waals surface area contributed by atoms with Crippen LogP contribution in [0.15, 0.2) is 41.3 Å². The van der Waals surface area contributed by atoms with Crippen molar-refractivity contribution in [2.45, 2.75) is 19.8 Å². The average Bonchev–Trinajstić information content (AvgIpc) is 2.55. The fraction of sp³-hybridized carbons (Fsp3) is 0.250. The molecule has 0 aliphatic heterocycles. The summed E-state index contributed by atoms with van der Waals surface area (Å²) in [6, 6.07) is 9.51. The fourth-order valence-corrected chi connectivity index (χ4v) is 2.12. The Kier molecular flexibility index (Phi) is 4.09. The van der Waals surface area contributed by atoms with Gasteiger partial charge in [0.05, 0.1) is 0 Å². The van der Waals surface area contributed by atoms with Crippen LogP contribution >= 0.6 is 0 Å². The van der Waals surface area contributed by atoms with E-state index in [1.807, 2.05) is 30.3 Å². The van der Waals surface area contributed by atoms with E-state index in [0.29, 0.717) is 22.8 Å². The van der Waals surface area contributed by atoms with Crippen LogP contribution in [0.5, 0.6) is 0 Å². The third kappa shape index (κ3) is 2.95. The molecule has 1 aromatic carbocycles. The van der Waals surface area contributed by atoms with Crippen LogP contribution in [-0.4, -0.2) is 26.5 Å². The molecule has 112 valence electrons. The van der Waals surface area contributed by atoms with E-state index in [-0.39, 0.29) is 5.56 Å². The molecule has 0 saturated carbocycles. The number of aromatic amines is 1.